The van der Waals surface area contributed by atoms with Crippen LogP contribution in [0.3, 0.4) is 0 Å². The Labute approximate surface area is 148 Å². The van der Waals surface area contributed by atoms with Crippen LogP contribution in [0.2, 0.25) is 0 Å². The number of carbonyl (C=O) groups is 1. The lowest BCUT2D eigenvalue weighted by Gasteiger charge is -2.31. The second kappa shape index (κ2) is 6.46. The van der Waals surface area contributed by atoms with Crippen molar-refractivity contribution in [3.63, 3.8) is 0 Å². The quantitative estimate of drug-likeness (QED) is 0.807. The molecule has 1 aromatic rings. The average molecular weight is 360 g/mol. The van der Waals surface area contributed by atoms with E-state index < -0.39 is 17.8 Å². The maximum atomic E-state index is 13.1. The Bertz CT molecular complexity index is 904. The van der Waals surface area contributed by atoms with Crippen molar-refractivity contribution in [2.75, 3.05) is 14.2 Å². The number of rotatable bonds is 2. The van der Waals surface area contributed by atoms with Crippen molar-refractivity contribution in [3.8, 4) is 6.07 Å². The van der Waals surface area contributed by atoms with Gasteiger partial charge in [-0.25, -0.2) is 0 Å². The highest BCUT2D eigenvalue weighted by atomic mass is 19.4. The highest BCUT2D eigenvalue weighted by Crippen LogP contribution is 2.41. The molecular formula is C19H15F3N2O2. The first-order chi connectivity index (χ1) is 12.3. The Balaban J connectivity index is 2.23. The van der Waals surface area contributed by atoms with Crippen LogP contribution in [-0.2, 0) is 15.7 Å². The van der Waals surface area contributed by atoms with E-state index in [1.807, 2.05) is 0 Å². The zero-order valence-electron chi connectivity index (χ0n) is 14.1. The van der Waals surface area contributed by atoms with Gasteiger partial charge in [-0.05, 0) is 34.9 Å². The van der Waals surface area contributed by atoms with E-state index >= 15 is 0 Å². The number of nitriles is 1. The first-order valence-corrected chi connectivity index (χ1v) is 7.80. The van der Waals surface area contributed by atoms with Gasteiger partial charge in [-0.3, -0.25) is 4.79 Å². The number of hydrogen-bond donors (Lipinski definition) is 0. The zero-order valence-corrected chi connectivity index (χ0v) is 14.1. The lowest BCUT2D eigenvalue weighted by atomic mass is 9.81. The number of nitrogens with zero attached hydrogens (tertiary/aromatic N) is 2. The number of halogens is 3. The molecule has 26 heavy (non-hydrogen) atoms. The van der Waals surface area contributed by atoms with E-state index in [1.54, 1.807) is 19.3 Å². The number of ketones is 1. The van der Waals surface area contributed by atoms with E-state index in [0.29, 0.717) is 16.7 Å². The van der Waals surface area contributed by atoms with Crippen LogP contribution in [0.15, 0.2) is 53.4 Å². The number of benzene rings is 1. The first kappa shape index (κ1) is 18.0. The van der Waals surface area contributed by atoms with E-state index in [-0.39, 0.29) is 23.5 Å². The summed E-state index contributed by atoms with van der Waals surface area (Å²) in [5, 5.41) is 9.56. The van der Waals surface area contributed by atoms with Crippen molar-refractivity contribution in [2.24, 2.45) is 0 Å². The van der Waals surface area contributed by atoms with E-state index in [4.69, 9.17) is 4.74 Å². The Morgan fingerprint density at radius 2 is 2.08 bits per heavy atom. The number of Topliss-reactive ketones (excluding diaryl/α,β-unsaturated/α-hetero) is 1. The van der Waals surface area contributed by atoms with Gasteiger partial charge in [0.1, 0.15) is 17.9 Å². The topological polar surface area (TPSA) is 53.3 Å². The summed E-state index contributed by atoms with van der Waals surface area (Å²) in [5.74, 6) is -0.139. The molecule has 0 aromatic heterocycles. The lowest BCUT2D eigenvalue weighted by Crippen LogP contribution is -2.29. The standard InChI is InChI=1S/C19H15F3N2O2/c1-24-10-12-7-16(25)17(26-2)8-14(12)18(15(24)9-23)11-4-3-5-13(6-11)19(20,21)22/h3-6,8,10,17H,7H2,1-2H3. The molecule has 1 aliphatic carbocycles. The molecule has 1 atom stereocenters. The molecule has 0 amide bonds. The fourth-order valence-corrected chi connectivity index (χ4v) is 3.17. The van der Waals surface area contributed by atoms with Crippen LogP contribution in [0.1, 0.15) is 17.5 Å². The molecule has 134 valence electrons. The molecule has 2 aliphatic rings. The van der Waals surface area contributed by atoms with Gasteiger partial charge in [-0.2, -0.15) is 18.4 Å². The predicted octanol–water partition coefficient (Wildman–Crippen LogP) is 3.68. The summed E-state index contributed by atoms with van der Waals surface area (Å²) >= 11 is 0. The van der Waals surface area contributed by atoms with Gasteiger partial charge in [-0.15, -0.1) is 0 Å². The third-order valence-corrected chi connectivity index (χ3v) is 4.39. The Kier molecular flexibility index (Phi) is 4.46. The predicted molar refractivity (Wildman–Crippen MR) is 88.3 cm³/mol. The van der Waals surface area contributed by atoms with Gasteiger partial charge >= 0.3 is 6.18 Å². The molecule has 0 bridgehead atoms. The molecule has 7 heteroatoms. The van der Waals surface area contributed by atoms with E-state index in [1.165, 1.54) is 24.1 Å². The summed E-state index contributed by atoms with van der Waals surface area (Å²) in [6, 6.07) is 6.88. The number of allylic oxidation sites excluding steroid dienone is 4. The van der Waals surface area contributed by atoms with Crippen LogP contribution in [0, 0.1) is 11.3 Å². The van der Waals surface area contributed by atoms with Crippen LogP contribution in [-0.4, -0.2) is 30.9 Å². The normalized spacial score (nSPS) is 20.4. The van der Waals surface area contributed by atoms with Gasteiger partial charge in [0, 0.05) is 32.4 Å². The molecule has 1 aliphatic heterocycles. The Hall–Kier alpha value is -2.85. The van der Waals surface area contributed by atoms with Gasteiger partial charge in [0.2, 0.25) is 0 Å². The summed E-state index contributed by atoms with van der Waals surface area (Å²) in [5.41, 5.74) is 1.26. The fraction of sp³-hybridized carbons (Fsp3) is 0.263. The fourth-order valence-electron chi connectivity index (χ4n) is 3.17. The summed E-state index contributed by atoms with van der Waals surface area (Å²) in [6.07, 6.45) is -1.96. The molecule has 0 spiro atoms. The minimum atomic E-state index is -4.49. The maximum absolute atomic E-state index is 13.1. The minimum Gasteiger partial charge on any atom is -0.370 e. The van der Waals surface area contributed by atoms with Crippen LogP contribution >= 0.6 is 0 Å². The molecule has 0 radical (unpaired) electrons. The SMILES string of the molecule is COC1C=C2C(=CN(C)C(C#N)=C2c2cccc(C(F)(F)F)c2)CC1=O. The van der Waals surface area contributed by atoms with Crippen LogP contribution < -0.4 is 0 Å². The van der Waals surface area contributed by atoms with Crippen molar-refractivity contribution < 1.29 is 22.7 Å². The van der Waals surface area contributed by atoms with Gasteiger partial charge in [0.05, 0.1) is 5.56 Å². The van der Waals surface area contributed by atoms with Crippen LogP contribution in [0.25, 0.3) is 5.57 Å². The van der Waals surface area contributed by atoms with Gasteiger partial charge in [0.15, 0.2) is 5.78 Å². The molecule has 3 rings (SSSR count). The molecular weight excluding hydrogens is 345 g/mol. The number of ether oxygens (including phenoxy) is 1. The van der Waals surface area contributed by atoms with Crippen molar-refractivity contribution in [1.29, 1.82) is 5.26 Å². The summed E-state index contributed by atoms with van der Waals surface area (Å²) in [7, 11) is 3.02. The Morgan fingerprint density at radius 3 is 2.69 bits per heavy atom. The van der Waals surface area contributed by atoms with Crippen molar-refractivity contribution >= 4 is 11.4 Å². The second-order valence-corrected chi connectivity index (χ2v) is 6.06. The molecule has 0 fully saturated rings. The van der Waals surface area contributed by atoms with Crippen LogP contribution in [0.5, 0.6) is 0 Å². The van der Waals surface area contributed by atoms with Gasteiger partial charge < -0.3 is 9.64 Å². The minimum absolute atomic E-state index is 0.0931. The first-order valence-electron chi connectivity index (χ1n) is 7.80. The lowest BCUT2D eigenvalue weighted by molar-refractivity contribution is -0.137. The average Bonchev–Trinajstić information content (AvgIpc) is 2.59. The number of carbonyl (C=O) groups excluding carboxylic acids is 1. The van der Waals surface area contributed by atoms with E-state index in [0.717, 1.165) is 12.1 Å². The van der Waals surface area contributed by atoms with Crippen molar-refractivity contribution in [1.82, 2.24) is 4.90 Å². The van der Waals surface area contributed by atoms with Gasteiger partial charge in [0.25, 0.3) is 0 Å². The highest BCUT2D eigenvalue weighted by Gasteiger charge is 2.34. The molecule has 0 saturated carbocycles. The largest absolute Gasteiger partial charge is 0.416 e. The second-order valence-electron chi connectivity index (χ2n) is 6.06. The number of fused-ring (bicyclic) bond motifs is 1. The smallest absolute Gasteiger partial charge is 0.370 e. The molecule has 1 aromatic carbocycles. The van der Waals surface area contributed by atoms with Gasteiger partial charge in [-0.1, -0.05) is 12.1 Å². The zero-order chi connectivity index (χ0) is 19.1. The number of hydrogen-bond acceptors (Lipinski definition) is 4. The van der Waals surface area contributed by atoms with E-state index in [9.17, 15) is 23.2 Å². The van der Waals surface area contributed by atoms with Crippen molar-refractivity contribution in [3.05, 3.63) is 64.5 Å². The Morgan fingerprint density at radius 1 is 1.35 bits per heavy atom. The maximum Gasteiger partial charge on any atom is 0.416 e. The third-order valence-electron chi connectivity index (χ3n) is 4.39. The molecule has 1 heterocycles. The van der Waals surface area contributed by atoms with E-state index in [2.05, 4.69) is 6.07 Å². The molecule has 4 nitrogen and oxygen atoms in total. The summed E-state index contributed by atoms with van der Waals surface area (Å²) in [4.78, 5) is 13.6. The van der Waals surface area contributed by atoms with Crippen LogP contribution in [0.4, 0.5) is 13.2 Å². The highest BCUT2D eigenvalue weighted by molar-refractivity contribution is 5.98. The summed E-state index contributed by atoms with van der Waals surface area (Å²) < 4.78 is 44.5. The van der Waals surface area contributed by atoms with Crippen molar-refractivity contribution in [2.45, 2.75) is 18.7 Å². The summed E-state index contributed by atoms with van der Waals surface area (Å²) in [6.45, 7) is 0. The monoisotopic (exact) mass is 360 g/mol. The molecule has 1 unspecified atom stereocenters. The molecule has 0 saturated heterocycles. The molecule has 0 N–H and O–H groups in total. The third kappa shape index (κ3) is 3.04. The number of methoxy groups -OCH3 is 1. The number of alkyl halides is 3.